The van der Waals surface area contributed by atoms with Gasteiger partial charge in [0.05, 0.1) is 0 Å². The van der Waals surface area contributed by atoms with Crippen molar-refractivity contribution in [3.8, 4) is 0 Å². The number of hydrogen-bond acceptors (Lipinski definition) is 2. The zero-order chi connectivity index (χ0) is 13.1. The quantitative estimate of drug-likeness (QED) is 0.902. The molecule has 0 bridgehead atoms. The van der Waals surface area contributed by atoms with Crippen LogP contribution >= 0.6 is 11.8 Å². The van der Waals surface area contributed by atoms with Crippen molar-refractivity contribution < 1.29 is 8.78 Å². The molecule has 1 atom stereocenters. The minimum absolute atomic E-state index is 0.317. The average Bonchev–Trinajstić information content (AvgIpc) is 2.31. The SMILES string of the molecule is CC(N)c1c(F)cccc1Sc1ccccc1F. The molecule has 2 rings (SSSR count). The van der Waals surface area contributed by atoms with Crippen LogP contribution in [0.15, 0.2) is 52.3 Å². The lowest BCUT2D eigenvalue weighted by molar-refractivity contribution is 0.584. The molecule has 0 saturated carbocycles. The van der Waals surface area contributed by atoms with Gasteiger partial charge >= 0.3 is 0 Å². The van der Waals surface area contributed by atoms with E-state index in [0.717, 1.165) is 0 Å². The molecule has 0 aromatic heterocycles. The highest BCUT2D eigenvalue weighted by Gasteiger charge is 2.14. The van der Waals surface area contributed by atoms with E-state index in [-0.39, 0.29) is 11.6 Å². The molecular formula is C14H13F2NS. The molecule has 0 fully saturated rings. The maximum atomic E-state index is 13.7. The zero-order valence-corrected chi connectivity index (χ0v) is 10.7. The van der Waals surface area contributed by atoms with Gasteiger partial charge in [0.15, 0.2) is 0 Å². The molecule has 0 radical (unpaired) electrons. The number of halogens is 2. The van der Waals surface area contributed by atoms with Crippen molar-refractivity contribution in [2.24, 2.45) is 5.73 Å². The lowest BCUT2D eigenvalue weighted by atomic mass is 10.1. The van der Waals surface area contributed by atoms with Gasteiger partial charge in [-0.2, -0.15) is 0 Å². The Morgan fingerprint density at radius 1 is 0.944 bits per heavy atom. The van der Waals surface area contributed by atoms with Gasteiger partial charge in [-0.1, -0.05) is 30.0 Å². The molecule has 1 unspecified atom stereocenters. The fourth-order valence-corrected chi connectivity index (χ4v) is 2.78. The second-order valence-electron chi connectivity index (χ2n) is 3.97. The fourth-order valence-electron chi connectivity index (χ4n) is 1.69. The highest BCUT2D eigenvalue weighted by atomic mass is 32.2. The van der Waals surface area contributed by atoms with Gasteiger partial charge in [-0.25, -0.2) is 8.78 Å². The summed E-state index contributed by atoms with van der Waals surface area (Å²) in [5.74, 6) is -0.672. The highest BCUT2D eigenvalue weighted by molar-refractivity contribution is 7.99. The predicted molar refractivity (Wildman–Crippen MR) is 69.5 cm³/mol. The van der Waals surface area contributed by atoms with Gasteiger partial charge in [0.2, 0.25) is 0 Å². The van der Waals surface area contributed by atoms with Crippen molar-refractivity contribution in [1.29, 1.82) is 0 Å². The molecule has 0 aliphatic rings. The van der Waals surface area contributed by atoms with Crippen LogP contribution in [0, 0.1) is 11.6 Å². The van der Waals surface area contributed by atoms with Gasteiger partial charge in [0, 0.05) is 21.4 Å². The van der Waals surface area contributed by atoms with Gasteiger partial charge in [-0.05, 0) is 31.2 Å². The normalized spacial score (nSPS) is 12.4. The Bertz CT molecular complexity index is 555. The van der Waals surface area contributed by atoms with Crippen molar-refractivity contribution >= 4 is 11.8 Å². The second-order valence-corrected chi connectivity index (χ2v) is 5.06. The topological polar surface area (TPSA) is 26.0 Å². The van der Waals surface area contributed by atoms with Crippen LogP contribution in [0.5, 0.6) is 0 Å². The molecule has 0 heterocycles. The molecular weight excluding hydrogens is 252 g/mol. The molecule has 0 saturated heterocycles. The first kappa shape index (κ1) is 13.1. The van der Waals surface area contributed by atoms with E-state index in [1.165, 1.54) is 23.9 Å². The van der Waals surface area contributed by atoms with Crippen LogP contribution in [0.4, 0.5) is 8.78 Å². The molecule has 0 amide bonds. The van der Waals surface area contributed by atoms with Crippen molar-refractivity contribution in [1.82, 2.24) is 0 Å². The van der Waals surface area contributed by atoms with Crippen LogP contribution in [0.1, 0.15) is 18.5 Å². The van der Waals surface area contributed by atoms with Crippen LogP contribution in [0.3, 0.4) is 0 Å². The molecule has 0 aliphatic carbocycles. The van der Waals surface area contributed by atoms with E-state index < -0.39 is 6.04 Å². The Morgan fingerprint density at radius 2 is 1.56 bits per heavy atom. The summed E-state index contributed by atoms with van der Waals surface area (Å²) < 4.78 is 27.3. The molecule has 2 N–H and O–H groups in total. The third-order valence-corrected chi connectivity index (χ3v) is 3.65. The molecule has 94 valence electrons. The first-order valence-electron chi connectivity index (χ1n) is 5.56. The van der Waals surface area contributed by atoms with Crippen molar-refractivity contribution in [3.05, 3.63) is 59.7 Å². The van der Waals surface area contributed by atoms with E-state index in [4.69, 9.17) is 5.73 Å². The predicted octanol–water partition coefficient (Wildman–Crippen LogP) is 4.14. The van der Waals surface area contributed by atoms with Gasteiger partial charge in [-0.3, -0.25) is 0 Å². The Hall–Kier alpha value is -1.39. The molecule has 1 nitrogen and oxygen atoms in total. The molecule has 4 heteroatoms. The Balaban J connectivity index is 2.41. The van der Waals surface area contributed by atoms with E-state index in [1.54, 1.807) is 37.3 Å². The molecule has 18 heavy (non-hydrogen) atoms. The van der Waals surface area contributed by atoms with Gasteiger partial charge in [-0.15, -0.1) is 0 Å². The maximum absolute atomic E-state index is 13.7. The number of hydrogen-bond donors (Lipinski definition) is 1. The summed E-state index contributed by atoms with van der Waals surface area (Å²) in [6.45, 7) is 1.71. The first-order valence-corrected chi connectivity index (χ1v) is 6.37. The lowest BCUT2D eigenvalue weighted by Gasteiger charge is -2.13. The van der Waals surface area contributed by atoms with Crippen LogP contribution in [-0.2, 0) is 0 Å². The van der Waals surface area contributed by atoms with E-state index in [2.05, 4.69) is 0 Å². The van der Waals surface area contributed by atoms with Crippen molar-refractivity contribution in [2.45, 2.75) is 22.8 Å². The second kappa shape index (κ2) is 5.50. The zero-order valence-electron chi connectivity index (χ0n) is 9.86. The summed E-state index contributed by atoms with van der Waals surface area (Å²) in [7, 11) is 0. The van der Waals surface area contributed by atoms with Crippen LogP contribution in [0.25, 0.3) is 0 Å². The summed E-state index contributed by atoms with van der Waals surface area (Å²) in [6.07, 6.45) is 0. The third kappa shape index (κ3) is 2.71. The Morgan fingerprint density at radius 3 is 2.22 bits per heavy atom. The van der Waals surface area contributed by atoms with E-state index in [1.807, 2.05) is 0 Å². The molecule has 2 aromatic rings. The standard InChI is InChI=1S/C14H13F2NS/c1-9(17)14-11(16)6-4-8-13(14)18-12-7-3-2-5-10(12)15/h2-9H,17H2,1H3. The first-order chi connectivity index (χ1) is 8.59. The maximum Gasteiger partial charge on any atom is 0.137 e. The molecule has 2 aromatic carbocycles. The Labute approximate surface area is 109 Å². The van der Waals surface area contributed by atoms with Crippen LogP contribution in [0.2, 0.25) is 0 Å². The molecule has 0 aliphatic heterocycles. The third-order valence-electron chi connectivity index (χ3n) is 2.52. The minimum atomic E-state index is -0.430. The largest absolute Gasteiger partial charge is 0.324 e. The lowest BCUT2D eigenvalue weighted by Crippen LogP contribution is -2.09. The van der Waals surface area contributed by atoms with Gasteiger partial charge < -0.3 is 5.73 Å². The van der Waals surface area contributed by atoms with Crippen molar-refractivity contribution in [3.63, 3.8) is 0 Å². The summed E-state index contributed by atoms with van der Waals surface area (Å²) in [5.41, 5.74) is 6.18. The summed E-state index contributed by atoms with van der Waals surface area (Å²) in [4.78, 5) is 1.11. The van der Waals surface area contributed by atoms with Crippen LogP contribution in [-0.4, -0.2) is 0 Å². The van der Waals surface area contributed by atoms with Crippen LogP contribution < -0.4 is 5.73 Å². The highest BCUT2D eigenvalue weighted by Crippen LogP contribution is 2.35. The summed E-state index contributed by atoms with van der Waals surface area (Å²) >= 11 is 1.19. The smallest absolute Gasteiger partial charge is 0.137 e. The van der Waals surface area contributed by atoms with E-state index in [0.29, 0.717) is 15.4 Å². The van der Waals surface area contributed by atoms with Gasteiger partial charge in [0.25, 0.3) is 0 Å². The number of benzene rings is 2. The van der Waals surface area contributed by atoms with Gasteiger partial charge in [0.1, 0.15) is 11.6 Å². The monoisotopic (exact) mass is 265 g/mol. The number of nitrogens with two attached hydrogens (primary N) is 1. The molecule has 0 spiro atoms. The number of rotatable bonds is 3. The Kier molecular flexibility index (Phi) is 3.99. The van der Waals surface area contributed by atoms with E-state index >= 15 is 0 Å². The minimum Gasteiger partial charge on any atom is -0.324 e. The summed E-state index contributed by atoms with van der Waals surface area (Å²) in [5, 5.41) is 0. The fraction of sp³-hybridized carbons (Fsp3) is 0.143. The summed E-state index contributed by atoms with van der Waals surface area (Å²) in [6, 6.07) is 10.7. The van der Waals surface area contributed by atoms with Crippen molar-refractivity contribution in [2.75, 3.05) is 0 Å². The van der Waals surface area contributed by atoms with E-state index in [9.17, 15) is 8.78 Å². The average molecular weight is 265 g/mol.